The summed E-state index contributed by atoms with van der Waals surface area (Å²) in [4.78, 5) is 27.4. The van der Waals surface area contributed by atoms with E-state index >= 15 is 0 Å². The highest BCUT2D eigenvalue weighted by atomic mass is 16.5. The van der Waals surface area contributed by atoms with Crippen LogP contribution in [0.1, 0.15) is 21.6 Å². The first kappa shape index (κ1) is 15.7. The Morgan fingerprint density at radius 1 is 1.17 bits per heavy atom. The molecule has 3 aromatic rings. The molecule has 6 nitrogen and oxygen atoms in total. The summed E-state index contributed by atoms with van der Waals surface area (Å²) in [6, 6.07) is 10.0. The quantitative estimate of drug-likeness (QED) is 0.674. The number of carbonyl (C=O) groups excluding carboxylic acids is 1. The molecule has 0 unspecified atom stereocenters. The summed E-state index contributed by atoms with van der Waals surface area (Å²) in [5, 5.41) is 0. The Balaban J connectivity index is 1.87. The molecule has 0 radical (unpaired) electrons. The van der Waals surface area contributed by atoms with E-state index in [4.69, 9.17) is 9.47 Å². The van der Waals surface area contributed by atoms with E-state index in [1.807, 2.05) is 13.0 Å². The molecule has 0 N–H and O–H groups in total. The first-order chi connectivity index (χ1) is 11.6. The smallest absolute Gasteiger partial charge is 0.258 e. The minimum absolute atomic E-state index is 0.121. The van der Waals surface area contributed by atoms with Crippen molar-refractivity contribution in [2.24, 2.45) is 0 Å². The Labute approximate surface area is 138 Å². The van der Waals surface area contributed by atoms with E-state index in [2.05, 4.69) is 4.98 Å². The number of fused-ring (bicyclic) bond motifs is 1. The zero-order chi connectivity index (χ0) is 17.1. The van der Waals surface area contributed by atoms with Gasteiger partial charge in [-0.15, -0.1) is 0 Å². The van der Waals surface area contributed by atoms with Gasteiger partial charge < -0.3 is 9.47 Å². The van der Waals surface area contributed by atoms with Gasteiger partial charge in [-0.3, -0.25) is 14.0 Å². The van der Waals surface area contributed by atoms with Crippen molar-refractivity contribution in [3.63, 3.8) is 0 Å². The molecule has 24 heavy (non-hydrogen) atoms. The number of aryl methyl sites for hydroxylation is 1. The van der Waals surface area contributed by atoms with Gasteiger partial charge in [0.15, 0.2) is 11.5 Å². The third kappa shape index (κ3) is 3.12. The molecular weight excluding hydrogens is 308 g/mol. The van der Waals surface area contributed by atoms with Gasteiger partial charge in [0.25, 0.3) is 5.56 Å². The van der Waals surface area contributed by atoms with Gasteiger partial charge in [-0.2, -0.15) is 0 Å². The lowest BCUT2D eigenvalue weighted by molar-refractivity contribution is 0.112. The average molecular weight is 324 g/mol. The molecule has 0 aliphatic rings. The third-order valence-electron chi connectivity index (χ3n) is 3.56. The first-order valence-electron chi connectivity index (χ1n) is 7.35. The lowest BCUT2D eigenvalue weighted by Gasteiger charge is -2.11. The van der Waals surface area contributed by atoms with Gasteiger partial charge in [0.1, 0.15) is 18.5 Å². The van der Waals surface area contributed by atoms with E-state index in [1.165, 1.54) is 17.6 Å². The molecule has 0 saturated carbocycles. The number of pyridine rings is 1. The number of rotatable bonds is 5. The fourth-order valence-electron chi connectivity index (χ4n) is 2.36. The number of aldehydes is 1. The van der Waals surface area contributed by atoms with Gasteiger partial charge in [0, 0.05) is 17.8 Å². The number of methoxy groups -OCH3 is 1. The van der Waals surface area contributed by atoms with Crippen LogP contribution in [0.4, 0.5) is 0 Å². The zero-order valence-electron chi connectivity index (χ0n) is 13.4. The number of carbonyl (C=O) groups is 1. The maximum Gasteiger partial charge on any atom is 0.258 e. The predicted octanol–water partition coefficient (Wildman–Crippen LogP) is 2.40. The molecule has 6 heteroatoms. The standard InChI is InChI=1S/C18H16N2O4/c1-12-3-6-17-19-14(8-18(22)20(17)9-12)11-24-15-5-4-13(10-21)7-16(15)23-2/h3-10H,11H2,1-2H3. The minimum atomic E-state index is -0.162. The van der Waals surface area contributed by atoms with Crippen LogP contribution >= 0.6 is 0 Å². The van der Waals surface area contributed by atoms with Crippen molar-refractivity contribution in [2.45, 2.75) is 13.5 Å². The van der Waals surface area contributed by atoms with Crippen LogP contribution in [0.5, 0.6) is 11.5 Å². The molecule has 0 aliphatic heterocycles. The SMILES string of the molecule is COc1cc(C=O)ccc1OCc1cc(=O)n2cc(C)ccc2n1. The molecule has 0 spiro atoms. The van der Waals surface area contributed by atoms with Gasteiger partial charge in [-0.25, -0.2) is 4.98 Å². The lowest BCUT2D eigenvalue weighted by atomic mass is 10.2. The molecule has 0 fully saturated rings. The van der Waals surface area contributed by atoms with Crippen LogP contribution in [-0.4, -0.2) is 22.8 Å². The van der Waals surface area contributed by atoms with Crippen LogP contribution in [0.3, 0.4) is 0 Å². The van der Waals surface area contributed by atoms with Crippen LogP contribution in [0.2, 0.25) is 0 Å². The van der Waals surface area contributed by atoms with Crippen LogP contribution in [0.15, 0.2) is 47.4 Å². The van der Waals surface area contributed by atoms with Crippen molar-refractivity contribution < 1.29 is 14.3 Å². The second-order valence-electron chi connectivity index (χ2n) is 5.34. The Morgan fingerprint density at radius 3 is 2.75 bits per heavy atom. The maximum atomic E-state index is 12.2. The number of aromatic nitrogens is 2. The summed E-state index contributed by atoms with van der Waals surface area (Å²) >= 11 is 0. The van der Waals surface area contributed by atoms with Crippen molar-refractivity contribution in [2.75, 3.05) is 7.11 Å². The highest BCUT2D eigenvalue weighted by Crippen LogP contribution is 2.28. The van der Waals surface area contributed by atoms with Crippen molar-refractivity contribution in [1.29, 1.82) is 0 Å². The fourth-order valence-corrected chi connectivity index (χ4v) is 2.36. The summed E-state index contributed by atoms with van der Waals surface area (Å²) in [5.41, 5.74) is 2.40. The summed E-state index contributed by atoms with van der Waals surface area (Å²) in [5.74, 6) is 0.932. The average Bonchev–Trinajstić information content (AvgIpc) is 2.60. The van der Waals surface area contributed by atoms with E-state index in [0.29, 0.717) is 28.4 Å². The van der Waals surface area contributed by atoms with E-state index < -0.39 is 0 Å². The topological polar surface area (TPSA) is 69.9 Å². The number of hydrogen-bond donors (Lipinski definition) is 0. The van der Waals surface area contributed by atoms with Gasteiger partial charge in [-0.05, 0) is 36.8 Å². The number of nitrogens with zero attached hydrogens (tertiary/aromatic N) is 2. The third-order valence-corrected chi connectivity index (χ3v) is 3.56. The van der Waals surface area contributed by atoms with Crippen molar-refractivity contribution in [1.82, 2.24) is 9.38 Å². The fraction of sp³-hybridized carbons (Fsp3) is 0.167. The highest BCUT2D eigenvalue weighted by Gasteiger charge is 2.08. The second kappa shape index (κ2) is 6.54. The van der Waals surface area contributed by atoms with Crippen LogP contribution in [-0.2, 0) is 6.61 Å². The molecule has 2 aromatic heterocycles. The zero-order valence-corrected chi connectivity index (χ0v) is 13.4. The van der Waals surface area contributed by atoms with Crippen LogP contribution in [0, 0.1) is 6.92 Å². The minimum Gasteiger partial charge on any atom is -0.493 e. The Morgan fingerprint density at radius 2 is 2.00 bits per heavy atom. The molecule has 0 saturated heterocycles. The Kier molecular flexibility index (Phi) is 4.29. The summed E-state index contributed by atoms with van der Waals surface area (Å²) in [6.07, 6.45) is 2.48. The number of benzene rings is 1. The van der Waals surface area contributed by atoms with Gasteiger partial charge >= 0.3 is 0 Å². The highest BCUT2D eigenvalue weighted by molar-refractivity contribution is 5.76. The molecule has 1 aromatic carbocycles. The second-order valence-corrected chi connectivity index (χ2v) is 5.34. The normalized spacial score (nSPS) is 10.6. The number of hydrogen-bond acceptors (Lipinski definition) is 5. The van der Waals surface area contributed by atoms with Gasteiger partial charge in [0.2, 0.25) is 0 Å². The van der Waals surface area contributed by atoms with E-state index in [0.717, 1.165) is 11.8 Å². The maximum absolute atomic E-state index is 12.2. The summed E-state index contributed by atoms with van der Waals surface area (Å²) in [6.45, 7) is 2.04. The molecule has 0 atom stereocenters. The van der Waals surface area contributed by atoms with E-state index in [-0.39, 0.29) is 12.2 Å². The van der Waals surface area contributed by atoms with Crippen LogP contribution in [0.25, 0.3) is 5.65 Å². The van der Waals surface area contributed by atoms with Crippen molar-refractivity contribution in [3.05, 3.63) is 69.8 Å². The monoisotopic (exact) mass is 324 g/mol. The lowest BCUT2D eigenvalue weighted by Crippen LogP contribution is -2.16. The molecule has 0 bridgehead atoms. The summed E-state index contributed by atoms with van der Waals surface area (Å²) < 4.78 is 12.4. The molecule has 0 amide bonds. The van der Waals surface area contributed by atoms with Crippen LogP contribution < -0.4 is 15.0 Å². The van der Waals surface area contributed by atoms with E-state index in [9.17, 15) is 9.59 Å². The molecule has 3 rings (SSSR count). The number of ether oxygens (including phenoxy) is 2. The summed E-state index contributed by atoms with van der Waals surface area (Å²) in [7, 11) is 1.50. The Bertz CT molecular complexity index is 963. The molecule has 0 aliphatic carbocycles. The van der Waals surface area contributed by atoms with Crippen molar-refractivity contribution in [3.8, 4) is 11.5 Å². The molecular formula is C18H16N2O4. The largest absolute Gasteiger partial charge is 0.493 e. The van der Waals surface area contributed by atoms with E-state index in [1.54, 1.807) is 30.5 Å². The Hall–Kier alpha value is -3.15. The first-order valence-corrected chi connectivity index (χ1v) is 7.35. The predicted molar refractivity (Wildman–Crippen MR) is 88.9 cm³/mol. The molecule has 2 heterocycles. The van der Waals surface area contributed by atoms with Gasteiger partial charge in [-0.1, -0.05) is 6.07 Å². The van der Waals surface area contributed by atoms with Gasteiger partial charge in [0.05, 0.1) is 12.8 Å². The molecule has 122 valence electrons. The van der Waals surface area contributed by atoms with Crippen molar-refractivity contribution >= 4 is 11.9 Å².